The molecule has 0 amide bonds. The molecule has 72 valence electrons. The van der Waals surface area contributed by atoms with Crippen molar-refractivity contribution in [3.05, 3.63) is 59.9 Å². The molecule has 0 bridgehead atoms. The molecule has 1 aromatic carbocycles. The second-order valence-electron chi connectivity index (χ2n) is 3.23. The van der Waals surface area contributed by atoms with Crippen LogP contribution >= 0.6 is 0 Å². The fourth-order valence-electron chi connectivity index (χ4n) is 1.31. The Morgan fingerprint density at radius 2 is 1.86 bits per heavy atom. The number of nitrogens with zero attached hydrogens (tertiary/aromatic N) is 1. The molecule has 2 rings (SSSR count). The first-order chi connectivity index (χ1) is 6.86. The summed E-state index contributed by atoms with van der Waals surface area (Å²) >= 11 is 0. The van der Waals surface area contributed by atoms with Gasteiger partial charge in [-0.2, -0.15) is 4.73 Å². The third-order valence-corrected chi connectivity index (χ3v) is 2.12. The van der Waals surface area contributed by atoms with Gasteiger partial charge in [0.2, 0.25) is 0 Å². The fourth-order valence-corrected chi connectivity index (χ4v) is 1.31. The van der Waals surface area contributed by atoms with E-state index < -0.39 is 0 Å². The van der Waals surface area contributed by atoms with Crippen LogP contribution in [0.5, 0.6) is 0 Å². The molecule has 0 N–H and O–H groups in total. The lowest BCUT2D eigenvalue weighted by atomic mass is 10.2. The third kappa shape index (κ3) is 1.96. The van der Waals surface area contributed by atoms with Crippen molar-refractivity contribution in [2.45, 2.75) is 13.5 Å². The number of aromatic nitrogens is 1. The molecule has 0 radical (unpaired) electrons. The molecule has 0 saturated carbocycles. The summed E-state index contributed by atoms with van der Waals surface area (Å²) in [5.41, 5.74) is 2.29. The summed E-state index contributed by atoms with van der Waals surface area (Å²) in [6.07, 6.45) is 1.91. The third-order valence-electron chi connectivity index (χ3n) is 2.12. The molecule has 0 fully saturated rings. The minimum atomic E-state index is 0.607. The van der Waals surface area contributed by atoms with E-state index in [1.807, 2.05) is 43.5 Å². The van der Waals surface area contributed by atoms with Gasteiger partial charge in [0.1, 0.15) is 6.61 Å². The van der Waals surface area contributed by atoms with Crippen LogP contribution in [0.25, 0.3) is 0 Å². The van der Waals surface area contributed by atoms with Crippen molar-refractivity contribution in [3.8, 4) is 0 Å². The molecule has 2 aromatic rings. The van der Waals surface area contributed by atoms with Crippen molar-refractivity contribution >= 4 is 0 Å². The molecule has 0 atom stereocenters. The smallest absolute Gasteiger partial charge is 0.140 e. The first-order valence-electron chi connectivity index (χ1n) is 4.67. The largest absolute Gasteiger partial charge is 0.409 e. The Bertz CT molecular complexity index is 392. The van der Waals surface area contributed by atoms with E-state index in [-0.39, 0.29) is 0 Å². The van der Waals surface area contributed by atoms with Crippen LogP contribution in [0.1, 0.15) is 11.3 Å². The van der Waals surface area contributed by atoms with Gasteiger partial charge in [-0.05, 0) is 24.6 Å². The molecule has 2 nitrogen and oxygen atoms in total. The van der Waals surface area contributed by atoms with Gasteiger partial charge in [-0.25, -0.2) is 0 Å². The Morgan fingerprint density at radius 1 is 1.07 bits per heavy atom. The summed E-state index contributed by atoms with van der Waals surface area (Å²) in [5.74, 6) is 0. The van der Waals surface area contributed by atoms with Gasteiger partial charge in [0, 0.05) is 6.20 Å². The molecule has 0 aliphatic rings. The van der Waals surface area contributed by atoms with Crippen LogP contribution in [-0.2, 0) is 6.61 Å². The number of hydrogen-bond acceptors (Lipinski definition) is 1. The maximum atomic E-state index is 5.58. The molecule has 0 aliphatic carbocycles. The zero-order chi connectivity index (χ0) is 9.80. The highest BCUT2D eigenvalue weighted by molar-refractivity contribution is 5.13. The van der Waals surface area contributed by atoms with E-state index >= 15 is 0 Å². The predicted octanol–water partition coefficient (Wildman–Crippen LogP) is 2.43. The Kier molecular flexibility index (Phi) is 2.54. The second kappa shape index (κ2) is 4.01. The SMILES string of the molecule is Cc1cccn1OCc1ccccc1. The van der Waals surface area contributed by atoms with Crippen molar-refractivity contribution in [2.75, 3.05) is 0 Å². The average molecular weight is 187 g/mol. The van der Waals surface area contributed by atoms with Gasteiger partial charge in [-0.1, -0.05) is 30.3 Å². The maximum absolute atomic E-state index is 5.58. The standard InChI is InChI=1S/C12H13NO/c1-11-6-5-9-13(11)14-10-12-7-3-2-4-8-12/h2-9H,10H2,1H3. The van der Waals surface area contributed by atoms with Crippen LogP contribution in [0.4, 0.5) is 0 Å². The van der Waals surface area contributed by atoms with Crippen LogP contribution in [0.15, 0.2) is 48.7 Å². The van der Waals surface area contributed by atoms with Gasteiger partial charge in [0.25, 0.3) is 0 Å². The van der Waals surface area contributed by atoms with E-state index in [0.29, 0.717) is 6.61 Å². The van der Waals surface area contributed by atoms with E-state index in [2.05, 4.69) is 12.1 Å². The molecule has 2 heteroatoms. The number of hydrogen-bond donors (Lipinski definition) is 0. The zero-order valence-electron chi connectivity index (χ0n) is 8.18. The van der Waals surface area contributed by atoms with Crippen molar-refractivity contribution in [3.63, 3.8) is 0 Å². The average Bonchev–Trinajstić information content (AvgIpc) is 2.63. The lowest BCUT2D eigenvalue weighted by molar-refractivity contribution is 0.0938. The minimum Gasteiger partial charge on any atom is -0.409 e. The van der Waals surface area contributed by atoms with Crippen LogP contribution in [0, 0.1) is 6.92 Å². The lowest BCUT2D eigenvalue weighted by Crippen LogP contribution is -2.10. The molecule has 14 heavy (non-hydrogen) atoms. The summed E-state index contributed by atoms with van der Waals surface area (Å²) in [4.78, 5) is 5.58. The summed E-state index contributed by atoms with van der Waals surface area (Å²) < 4.78 is 1.78. The highest BCUT2D eigenvalue weighted by Crippen LogP contribution is 2.01. The molecule has 1 heterocycles. The highest BCUT2D eigenvalue weighted by atomic mass is 16.7. The Hall–Kier alpha value is -1.70. The van der Waals surface area contributed by atoms with Crippen molar-refractivity contribution in [2.24, 2.45) is 0 Å². The topological polar surface area (TPSA) is 14.2 Å². The minimum absolute atomic E-state index is 0.607. The Morgan fingerprint density at radius 3 is 2.50 bits per heavy atom. The quantitative estimate of drug-likeness (QED) is 0.719. The van der Waals surface area contributed by atoms with E-state index in [1.165, 1.54) is 5.56 Å². The fraction of sp³-hybridized carbons (Fsp3) is 0.167. The molecular weight excluding hydrogens is 174 g/mol. The van der Waals surface area contributed by atoms with Gasteiger partial charge < -0.3 is 4.84 Å². The molecular formula is C12H13NO. The van der Waals surface area contributed by atoms with E-state index in [4.69, 9.17) is 4.84 Å². The molecule has 0 spiro atoms. The van der Waals surface area contributed by atoms with Gasteiger partial charge in [0.05, 0.1) is 5.69 Å². The van der Waals surface area contributed by atoms with Crippen LogP contribution < -0.4 is 4.84 Å². The van der Waals surface area contributed by atoms with Crippen LogP contribution in [-0.4, -0.2) is 4.73 Å². The van der Waals surface area contributed by atoms with Gasteiger partial charge >= 0.3 is 0 Å². The van der Waals surface area contributed by atoms with E-state index in [0.717, 1.165) is 5.69 Å². The van der Waals surface area contributed by atoms with Crippen molar-refractivity contribution in [1.29, 1.82) is 0 Å². The number of aryl methyl sites for hydroxylation is 1. The summed E-state index contributed by atoms with van der Waals surface area (Å²) in [7, 11) is 0. The molecule has 1 aromatic heterocycles. The van der Waals surface area contributed by atoms with Crippen LogP contribution in [0.2, 0.25) is 0 Å². The monoisotopic (exact) mass is 187 g/mol. The molecule has 0 unspecified atom stereocenters. The number of rotatable bonds is 3. The summed E-state index contributed by atoms with van der Waals surface area (Å²) in [6, 6.07) is 14.1. The maximum Gasteiger partial charge on any atom is 0.140 e. The Balaban J connectivity index is 1.99. The predicted molar refractivity (Wildman–Crippen MR) is 55.9 cm³/mol. The van der Waals surface area contributed by atoms with E-state index in [1.54, 1.807) is 4.73 Å². The first kappa shape index (κ1) is 8.88. The van der Waals surface area contributed by atoms with E-state index in [9.17, 15) is 0 Å². The van der Waals surface area contributed by atoms with Gasteiger partial charge in [0.15, 0.2) is 0 Å². The van der Waals surface area contributed by atoms with Crippen molar-refractivity contribution < 1.29 is 4.84 Å². The molecule has 0 saturated heterocycles. The lowest BCUT2D eigenvalue weighted by Gasteiger charge is -2.08. The van der Waals surface area contributed by atoms with Gasteiger partial charge in [-0.3, -0.25) is 0 Å². The zero-order valence-corrected chi connectivity index (χ0v) is 8.18. The summed E-state index contributed by atoms with van der Waals surface area (Å²) in [6.45, 7) is 2.63. The number of benzene rings is 1. The first-order valence-corrected chi connectivity index (χ1v) is 4.67. The normalized spacial score (nSPS) is 10.1. The van der Waals surface area contributed by atoms with Crippen molar-refractivity contribution in [1.82, 2.24) is 4.73 Å². The highest BCUT2D eigenvalue weighted by Gasteiger charge is 1.95. The van der Waals surface area contributed by atoms with Gasteiger partial charge in [-0.15, -0.1) is 0 Å². The summed E-state index contributed by atoms with van der Waals surface area (Å²) in [5, 5.41) is 0. The molecule has 0 aliphatic heterocycles. The second-order valence-corrected chi connectivity index (χ2v) is 3.23. The van der Waals surface area contributed by atoms with Crippen LogP contribution in [0.3, 0.4) is 0 Å². The Labute approximate surface area is 83.7 Å².